The van der Waals surface area contributed by atoms with Crippen LogP contribution in [-0.4, -0.2) is 30.5 Å². The Bertz CT molecular complexity index is 251. The third-order valence-corrected chi connectivity index (χ3v) is 1.73. The number of nitrogens with two attached hydrogens (primary N) is 1. The van der Waals surface area contributed by atoms with Crippen molar-refractivity contribution in [3.8, 4) is 0 Å². The first kappa shape index (κ1) is 13.9. The van der Waals surface area contributed by atoms with E-state index in [-0.39, 0.29) is 0 Å². The lowest BCUT2D eigenvalue weighted by molar-refractivity contribution is -0.174. The van der Waals surface area contributed by atoms with Crippen molar-refractivity contribution in [1.29, 1.82) is 0 Å². The van der Waals surface area contributed by atoms with Crippen molar-refractivity contribution in [2.45, 2.75) is 26.1 Å². The molecule has 0 spiro atoms. The van der Waals surface area contributed by atoms with Crippen LogP contribution in [0.5, 0.6) is 0 Å². The molecule has 1 unspecified atom stereocenters. The van der Waals surface area contributed by atoms with Gasteiger partial charge in [0, 0.05) is 0 Å². The Labute approximate surface area is 85.0 Å². The zero-order valence-corrected chi connectivity index (χ0v) is 8.39. The van der Waals surface area contributed by atoms with Crippen molar-refractivity contribution >= 4 is 11.7 Å². The molecular weight excluding hydrogens is 213 g/mol. The van der Waals surface area contributed by atoms with Crippen LogP contribution in [-0.2, 0) is 9.59 Å². The fourth-order valence-corrected chi connectivity index (χ4v) is 0.944. The van der Waals surface area contributed by atoms with Gasteiger partial charge in [-0.15, -0.1) is 0 Å². The molecule has 0 aliphatic carbocycles. The average molecular weight is 226 g/mol. The molecule has 0 aromatic heterocycles. The van der Waals surface area contributed by atoms with Gasteiger partial charge in [-0.05, 0) is 5.92 Å². The van der Waals surface area contributed by atoms with Crippen molar-refractivity contribution in [3.05, 3.63) is 0 Å². The number of hydrogen-bond donors (Lipinski definition) is 2. The first-order chi connectivity index (χ1) is 6.70. The second-order valence-corrected chi connectivity index (χ2v) is 3.36. The number of amides is 1. The standard InChI is InChI=1S/C8H13F3N2O2/c1-4(2)6(13-5(14)3-12)7(15)8(9,10)11/h4,6H,3,12H2,1-2H3,(H,13,14). The molecular formula is C8H13F3N2O2. The van der Waals surface area contributed by atoms with Crippen LogP contribution < -0.4 is 11.1 Å². The number of hydrogen-bond acceptors (Lipinski definition) is 3. The number of carbonyl (C=O) groups excluding carboxylic acids is 2. The number of nitrogens with one attached hydrogen (secondary N) is 1. The Morgan fingerprint density at radius 2 is 1.80 bits per heavy atom. The minimum absolute atomic E-state index is 0.450. The number of halogens is 3. The lowest BCUT2D eigenvalue weighted by atomic mass is 9.99. The fraction of sp³-hybridized carbons (Fsp3) is 0.750. The molecule has 7 heteroatoms. The first-order valence-electron chi connectivity index (χ1n) is 4.30. The van der Waals surface area contributed by atoms with Crippen LogP contribution in [0, 0.1) is 5.92 Å². The normalized spacial score (nSPS) is 13.8. The first-order valence-corrected chi connectivity index (χ1v) is 4.30. The number of carbonyl (C=O) groups is 2. The van der Waals surface area contributed by atoms with Crippen molar-refractivity contribution < 1.29 is 22.8 Å². The summed E-state index contributed by atoms with van der Waals surface area (Å²) in [6.07, 6.45) is -4.95. The van der Waals surface area contributed by atoms with Crippen LogP contribution in [0.1, 0.15) is 13.8 Å². The van der Waals surface area contributed by atoms with E-state index in [4.69, 9.17) is 5.73 Å². The van der Waals surface area contributed by atoms with Crippen molar-refractivity contribution in [3.63, 3.8) is 0 Å². The van der Waals surface area contributed by atoms with Gasteiger partial charge in [0.1, 0.15) is 0 Å². The predicted molar refractivity (Wildman–Crippen MR) is 46.9 cm³/mol. The van der Waals surface area contributed by atoms with E-state index in [1.54, 1.807) is 0 Å². The van der Waals surface area contributed by atoms with Gasteiger partial charge in [0.25, 0.3) is 5.78 Å². The predicted octanol–water partition coefficient (Wildman–Crippen LogP) is 0.217. The van der Waals surface area contributed by atoms with Crippen LogP contribution in [0.3, 0.4) is 0 Å². The molecule has 1 atom stereocenters. The van der Waals surface area contributed by atoms with Gasteiger partial charge in [0.05, 0.1) is 12.6 Å². The van der Waals surface area contributed by atoms with E-state index in [9.17, 15) is 22.8 Å². The molecule has 88 valence electrons. The quantitative estimate of drug-likeness (QED) is 0.720. The highest BCUT2D eigenvalue weighted by Crippen LogP contribution is 2.20. The van der Waals surface area contributed by atoms with Crippen molar-refractivity contribution in [2.75, 3.05) is 6.54 Å². The zero-order valence-electron chi connectivity index (χ0n) is 8.39. The van der Waals surface area contributed by atoms with Crippen LogP contribution in [0.2, 0.25) is 0 Å². The molecule has 0 bridgehead atoms. The van der Waals surface area contributed by atoms with E-state index in [1.807, 2.05) is 5.32 Å². The maximum absolute atomic E-state index is 12.1. The highest BCUT2D eigenvalue weighted by atomic mass is 19.4. The summed E-state index contributed by atoms with van der Waals surface area (Å²) in [5.74, 6) is -3.39. The molecule has 15 heavy (non-hydrogen) atoms. The number of ketones is 1. The molecule has 1 amide bonds. The molecule has 0 aliphatic heterocycles. The Morgan fingerprint density at radius 1 is 1.33 bits per heavy atom. The molecule has 0 aromatic rings. The Morgan fingerprint density at radius 3 is 2.07 bits per heavy atom. The highest BCUT2D eigenvalue weighted by molar-refractivity contribution is 5.93. The number of rotatable bonds is 4. The number of alkyl halides is 3. The zero-order chi connectivity index (χ0) is 12.2. The smallest absolute Gasteiger partial charge is 0.345 e. The van der Waals surface area contributed by atoms with Crippen LogP contribution in [0.4, 0.5) is 13.2 Å². The monoisotopic (exact) mass is 226 g/mol. The van der Waals surface area contributed by atoms with Gasteiger partial charge in [0.2, 0.25) is 5.91 Å². The van der Waals surface area contributed by atoms with E-state index >= 15 is 0 Å². The maximum atomic E-state index is 12.1. The van der Waals surface area contributed by atoms with E-state index in [0.717, 1.165) is 0 Å². The molecule has 0 saturated carbocycles. The van der Waals surface area contributed by atoms with Crippen molar-refractivity contribution in [1.82, 2.24) is 5.32 Å². The minimum atomic E-state index is -4.95. The summed E-state index contributed by atoms with van der Waals surface area (Å²) in [5, 5.41) is 1.94. The summed E-state index contributed by atoms with van der Waals surface area (Å²) in [5.41, 5.74) is 4.93. The molecule has 0 heterocycles. The van der Waals surface area contributed by atoms with Gasteiger partial charge >= 0.3 is 6.18 Å². The third-order valence-electron chi connectivity index (χ3n) is 1.73. The summed E-state index contributed by atoms with van der Waals surface area (Å²) in [4.78, 5) is 21.7. The SMILES string of the molecule is CC(C)C(NC(=O)CN)C(=O)C(F)(F)F. The lowest BCUT2D eigenvalue weighted by Gasteiger charge is -2.21. The second kappa shape index (κ2) is 5.11. The van der Waals surface area contributed by atoms with Gasteiger partial charge < -0.3 is 11.1 Å². The topological polar surface area (TPSA) is 72.2 Å². The molecule has 3 N–H and O–H groups in total. The molecule has 4 nitrogen and oxygen atoms in total. The largest absolute Gasteiger partial charge is 0.452 e. The van der Waals surface area contributed by atoms with Crippen LogP contribution in [0.25, 0.3) is 0 Å². The minimum Gasteiger partial charge on any atom is -0.345 e. The number of Topliss-reactive ketones (excluding diaryl/α,β-unsaturated/α-hetero) is 1. The summed E-state index contributed by atoms with van der Waals surface area (Å²) < 4.78 is 36.2. The van der Waals surface area contributed by atoms with Crippen LogP contribution >= 0.6 is 0 Å². The van der Waals surface area contributed by atoms with E-state index in [0.29, 0.717) is 0 Å². The molecule has 0 fully saturated rings. The molecule has 0 rings (SSSR count). The highest BCUT2D eigenvalue weighted by Gasteiger charge is 2.44. The Hall–Kier alpha value is -1.11. The van der Waals surface area contributed by atoms with E-state index in [1.165, 1.54) is 13.8 Å². The fourth-order valence-electron chi connectivity index (χ4n) is 0.944. The lowest BCUT2D eigenvalue weighted by Crippen LogP contribution is -2.51. The van der Waals surface area contributed by atoms with E-state index < -0.39 is 36.4 Å². The molecule has 0 radical (unpaired) electrons. The summed E-state index contributed by atoms with van der Waals surface area (Å²) in [6.45, 7) is 2.37. The van der Waals surface area contributed by atoms with Gasteiger partial charge in [-0.2, -0.15) is 13.2 Å². The van der Waals surface area contributed by atoms with Gasteiger partial charge in [-0.3, -0.25) is 9.59 Å². The summed E-state index contributed by atoms with van der Waals surface area (Å²) in [6, 6.07) is -1.57. The van der Waals surface area contributed by atoms with Gasteiger partial charge in [-0.1, -0.05) is 13.8 Å². The molecule has 0 aromatic carbocycles. The maximum Gasteiger partial charge on any atom is 0.452 e. The third kappa shape index (κ3) is 4.28. The van der Waals surface area contributed by atoms with Gasteiger partial charge in [-0.25, -0.2) is 0 Å². The Balaban J connectivity index is 4.68. The molecule has 0 aliphatic rings. The average Bonchev–Trinajstić information content (AvgIpc) is 2.10. The van der Waals surface area contributed by atoms with Crippen molar-refractivity contribution in [2.24, 2.45) is 11.7 Å². The summed E-state index contributed by atoms with van der Waals surface area (Å²) >= 11 is 0. The molecule has 0 saturated heterocycles. The Kier molecular flexibility index (Phi) is 4.73. The second-order valence-electron chi connectivity index (χ2n) is 3.36. The summed E-state index contributed by atoms with van der Waals surface area (Å²) in [7, 11) is 0. The van der Waals surface area contributed by atoms with Gasteiger partial charge in [0.15, 0.2) is 0 Å². The van der Waals surface area contributed by atoms with E-state index in [2.05, 4.69) is 0 Å². The van der Waals surface area contributed by atoms with Crippen LogP contribution in [0.15, 0.2) is 0 Å².